The minimum atomic E-state index is -3.91. The smallest absolute Gasteiger partial charge is 0.350 e. The van der Waals surface area contributed by atoms with Crippen LogP contribution in [0.15, 0.2) is 0 Å². The Bertz CT molecular complexity index is 542. The quantitative estimate of drug-likeness (QED) is 0.360. The molecule has 0 aromatic carbocycles. The van der Waals surface area contributed by atoms with Crippen LogP contribution in [0.2, 0.25) is 0 Å². The molecule has 1 heterocycles. The maximum Gasteiger partial charge on any atom is 0.350 e. The van der Waals surface area contributed by atoms with Crippen molar-refractivity contribution in [3.8, 4) is 0 Å². The number of hydrogen-bond donors (Lipinski definition) is 0. The Morgan fingerprint density at radius 3 is 2.23 bits per heavy atom. The molecule has 1 atom stereocenters. The number of carbonyl (C=O) groups is 2. The van der Waals surface area contributed by atoms with Crippen LogP contribution in [0.4, 0.5) is 0 Å². The van der Waals surface area contributed by atoms with Crippen LogP contribution in [0.25, 0.3) is 0 Å². The number of ether oxygens (including phenoxy) is 1. The molecular weight excluding hydrogens is 429 g/mol. The predicted octanol–water partition coefficient (Wildman–Crippen LogP) is 1.34. The van der Waals surface area contributed by atoms with E-state index in [-0.39, 0.29) is 13.0 Å². The van der Waals surface area contributed by atoms with E-state index in [1.165, 1.54) is 23.0 Å². The average Bonchev–Trinajstić information content (AvgIpc) is 2.34. The monoisotopic (exact) mass is 449 g/mol. The molecule has 1 fully saturated rings. The Morgan fingerprint density at radius 1 is 1.18 bits per heavy atom. The Balaban J connectivity index is 3.27. The maximum atomic E-state index is 12.6. The number of carbonyl (C=O) groups excluding carboxylic acids is 2. The standard InChI is InChI=1S/C12H20INO7S/c1-11(2,3)19-9(15)12(10(16)20-13)7-5-6-8-14(12)21-22(4,17)18/h5-8H2,1-4H3. The summed E-state index contributed by atoms with van der Waals surface area (Å²) in [7, 11) is -3.91. The van der Waals surface area contributed by atoms with Crippen LogP contribution >= 0.6 is 23.0 Å². The van der Waals surface area contributed by atoms with Crippen LogP contribution in [-0.2, 0) is 31.8 Å². The predicted molar refractivity (Wildman–Crippen MR) is 85.2 cm³/mol. The number of hydrogen-bond acceptors (Lipinski definition) is 8. The highest BCUT2D eigenvalue weighted by Crippen LogP contribution is 2.34. The first-order valence-corrected chi connectivity index (χ1v) is 9.36. The minimum absolute atomic E-state index is 0.0548. The Morgan fingerprint density at radius 2 is 1.77 bits per heavy atom. The molecule has 0 bridgehead atoms. The van der Waals surface area contributed by atoms with Crippen molar-refractivity contribution in [2.45, 2.75) is 51.2 Å². The summed E-state index contributed by atoms with van der Waals surface area (Å²) in [6, 6.07) is 0. The molecule has 0 N–H and O–H groups in total. The first-order valence-electron chi connectivity index (χ1n) is 6.66. The summed E-state index contributed by atoms with van der Waals surface area (Å²) in [5, 5.41) is 0.862. The van der Waals surface area contributed by atoms with E-state index in [1.807, 2.05) is 0 Å². The summed E-state index contributed by atoms with van der Waals surface area (Å²) in [5.74, 6) is -1.80. The van der Waals surface area contributed by atoms with E-state index in [0.717, 1.165) is 11.3 Å². The van der Waals surface area contributed by atoms with E-state index < -0.39 is 33.2 Å². The second-order valence-corrected chi connectivity index (χ2v) is 8.06. The van der Waals surface area contributed by atoms with Gasteiger partial charge in [0.05, 0.1) is 6.26 Å². The van der Waals surface area contributed by atoms with Gasteiger partial charge in [-0.2, -0.15) is 12.7 Å². The summed E-state index contributed by atoms with van der Waals surface area (Å²) in [5.41, 5.74) is -2.76. The van der Waals surface area contributed by atoms with Gasteiger partial charge in [-0.05, 0) is 40.0 Å². The van der Waals surface area contributed by atoms with Gasteiger partial charge < -0.3 is 7.80 Å². The van der Waals surface area contributed by atoms with Crippen molar-refractivity contribution < 1.29 is 30.1 Å². The second kappa shape index (κ2) is 6.97. The third kappa shape index (κ3) is 4.77. The van der Waals surface area contributed by atoms with Crippen molar-refractivity contribution in [3.63, 3.8) is 0 Å². The fourth-order valence-corrected chi connectivity index (χ4v) is 3.03. The highest BCUT2D eigenvalue weighted by atomic mass is 127. The molecule has 0 radical (unpaired) electrons. The van der Waals surface area contributed by atoms with Crippen molar-refractivity contribution in [3.05, 3.63) is 0 Å². The highest BCUT2D eigenvalue weighted by molar-refractivity contribution is 14.1. The van der Waals surface area contributed by atoms with E-state index in [4.69, 9.17) is 9.02 Å². The lowest BCUT2D eigenvalue weighted by Crippen LogP contribution is -2.63. The van der Waals surface area contributed by atoms with Gasteiger partial charge in [-0.15, -0.1) is 5.06 Å². The van der Waals surface area contributed by atoms with Crippen molar-refractivity contribution >= 4 is 45.1 Å². The first-order chi connectivity index (χ1) is 9.92. The number of hydroxylamine groups is 2. The summed E-state index contributed by atoms with van der Waals surface area (Å²) < 4.78 is 37.7. The second-order valence-electron chi connectivity index (χ2n) is 6.06. The van der Waals surface area contributed by atoms with Crippen LogP contribution in [0, 0.1) is 0 Å². The maximum absolute atomic E-state index is 12.6. The Labute approximate surface area is 144 Å². The molecule has 10 heteroatoms. The molecule has 0 spiro atoms. The van der Waals surface area contributed by atoms with Crippen molar-refractivity contribution in [1.82, 2.24) is 5.06 Å². The van der Waals surface area contributed by atoms with E-state index in [0.29, 0.717) is 12.8 Å². The van der Waals surface area contributed by atoms with Gasteiger partial charge in [0.1, 0.15) is 5.60 Å². The molecule has 0 aromatic rings. The Hall–Kier alpha value is -0.460. The lowest BCUT2D eigenvalue weighted by molar-refractivity contribution is -0.210. The van der Waals surface area contributed by atoms with Crippen LogP contribution in [-0.4, -0.2) is 49.4 Å². The average molecular weight is 449 g/mol. The molecule has 1 unspecified atom stereocenters. The van der Waals surface area contributed by atoms with Gasteiger partial charge in [0, 0.05) is 6.54 Å². The van der Waals surface area contributed by atoms with Gasteiger partial charge in [0.15, 0.2) is 23.0 Å². The highest BCUT2D eigenvalue weighted by Gasteiger charge is 2.57. The van der Waals surface area contributed by atoms with Crippen molar-refractivity contribution in [1.29, 1.82) is 0 Å². The fraction of sp³-hybridized carbons (Fsp3) is 0.833. The largest absolute Gasteiger partial charge is 0.458 e. The first kappa shape index (κ1) is 19.6. The van der Waals surface area contributed by atoms with Crippen LogP contribution in [0.3, 0.4) is 0 Å². The third-order valence-corrected chi connectivity index (χ3v) is 3.80. The molecule has 1 aliphatic heterocycles. The zero-order valence-corrected chi connectivity index (χ0v) is 15.9. The molecule has 0 aliphatic carbocycles. The number of piperidine rings is 1. The van der Waals surface area contributed by atoms with Gasteiger partial charge in [-0.1, -0.05) is 0 Å². The fourth-order valence-electron chi connectivity index (χ4n) is 2.13. The molecule has 128 valence electrons. The summed E-state index contributed by atoms with van der Waals surface area (Å²) in [6.45, 7) is 5.05. The van der Waals surface area contributed by atoms with E-state index in [9.17, 15) is 18.0 Å². The molecule has 0 saturated carbocycles. The van der Waals surface area contributed by atoms with E-state index in [2.05, 4.69) is 3.07 Å². The molecular formula is C12H20INO7S. The van der Waals surface area contributed by atoms with E-state index >= 15 is 0 Å². The summed E-state index contributed by atoms with van der Waals surface area (Å²) in [6.07, 6.45) is 2.01. The molecule has 1 aliphatic rings. The number of halogens is 1. The minimum Gasteiger partial charge on any atom is -0.458 e. The molecule has 0 amide bonds. The zero-order chi connectivity index (χ0) is 17.2. The van der Waals surface area contributed by atoms with Crippen molar-refractivity contribution in [2.75, 3.05) is 12.8 Å². The van der Waals surface area contributed by atoms with Gasteiger partial charge in [-0.3, -0.25) is 0 Å². The third-order valence-electron chi connectivity index (χ3n) is 2.95. The van der Waals surface area contributed by atoms with Gasteiger partial charge in [-0.25, -0.2) is 9.59 Å². The lowest BCUT2D eigenvalue weighted by atomic mass is 9.88. The zero-order valence-electron chi connectivity index (χ0n) is 12.9. The van der Waals surface area contributed by atoms with E-state index in [1.54, 1.807) is 20.8 Å². The van der Waals surface area contributed by atoms with Crippen LogP contribution < -0.4 is 0 Å². The number of esters is 1. The Kier molecular flexibility index (Phi) is 6.21. The summed E-state index contributed by atoms with van der Waals surface area (Å²) in [4.78, 5) is 24.9. The van der Waals surface area contributed by atoms with Gasteiger partial charge >= 0.3 is 11.9 Å². The molecule has 1 saturated heterocycles. The van der Waals surface area contributed by atoms with Crippen LogP contribution in [0.5, 0.6) is 0 Å². The number of rotatable bonds is 4. The molecule has 1 rings (SSSR count). The number of nitrogens with zero attached hydrogens (tertiary/aromatic N) is 1. The van der Waals surface area contributed by atoms with Gasteiger partial charge in [0.2, 0.25) is 5.54 Å². The topological polar surface area (TPSA) is 99.2 Å². The SMILES string of the molecule is CC(C)(C)OC(=O)C1(C(=O)OI)CCCCN1OS(C)(=O)=O. The lowest BCUT2D eigenvalue weighted by Gasteiger charge is -2.41. The normalized spacial score (nSPS) is 23.9. The molecule has 22 heavy (non-hydrogen) atoms. The van der Waals surface area contributed by atoms with Crippen molar-refractivity contribution in [2.24, 2.45) is 0 Å². The van der Waals surface area contributed by atoms with Crippen LogP contribution in [0.1, 0.15) is 40.0 Å². The molecule has 8 nitrogen and oxygen atoms in total. The van der Waals surface area contributed by atoms with Gasteiger partial charge in [0.25, 0.3) is 10.1 Å². The molecule has 0 aromatic heterocycles. The summed E-state index contributed by atoms with van der Waals surface area (Å²) >= 11 is 1.35.